The Morgan fingerprint density at radius 1 is 1.10 bits per heavy atom. The van der Waals surface area contributed by atoms with Gasteiger partial charge in [-0.1, -0.05) is 6.42 Å². The van der Waals surface area contributed by atoms with E-state index in [1.807, 2.05) is 0 Å². The van der Waals surface area contributed by atoms with E-state index in [9.17, 15) is 4.79 Å². The molecule has 21 heavy (non-hydrogen) atoms. The highest BCUT2D eigenvalue weighted by molar-refractivity contribution is 5.83. The van der Waals surface area contributed by atoms with Crippen LogP contribution < -0.4 is 10.6 Å². The molecule has 5 fully saturated rings. The SMILES string of the molecule is CC1CCCC(CNC(=O)C23CC4CC(CC(C4)C2)C3)N1. The summed E-state index contributed by atoms with van der Waals surface area (Å²) in [6, 6.07) is 1.10. The monoisotopic (exact) mass is 290 g/mol. The van der Waals surface area contributed by atoms with Crippen LogP contribution in [0.2, 0.25) is 0 Å². The van der Waals surface area contributed by atoms with Crippen molar-refractivity contribution in [2.45, 2.75) is 76.8 Å². The maximum absolute atomic E-state index is 12.9. The average molecular weight is 290 g/mol. The van der Waals surface area contributed by atoms with Crippen molar-refractivity contribution in [1.82, 2.24) is 10.6 Å². The highest BCUT2D eigenvalue weighted by Gasteiger charge is 2.54. The predicted molar refractivity (Wildman–Crippen MR) is 83.9 cm³/mol. The van der Waals surface area contributed by atoms with Crippen molar-refractivity contribution in [3.05, 3.63) is 0 Å². The molecule has 2 atom stereocenters. The second kappa shape index (κ2) is 5.26. The molecule has 0 aromatic carbocycles. The number of hydrogen-bond donors (Lipinski definition) is 2. The summed E-state index contributed by atoms with van der Waals surface area (Å²) in [4.78, 5) is 12.9. The van der Waals surface area contributed by atoms with Crippen molar-refractivity contribution in [3.63, 3.8) is 0 Å². The van der Waals surface area contributed by atoms with E-state index >= 15 is 0 Å². The van der Waals surface area contributed by atoms with Crippen LogP contribution in [0.15, 0.2) is 0 Å². The van der Waals surface area contributed by atoms with Crippen LogP contribution in [0.1, 0.15) is 64.7 Å². The van der Waals surface area contributed by atoms with Gasteiger partial charge in [-0.05, 0) is 76.0 Å². The van der Waals surface area contributed by atoms with Crippen molar-refractivity contribution < 1.29 is 4.79 Å². The van der Waals surface area contributed by atoms with E-state index in [0.29, 0.717) is 18.0 Å². The first kappa shape index (κ1) is 14.0. The highest BCUT2D eigenvalue weighted by atomic mass is 16.2. The van der Waals surface area contributed by atoms with E-state index in [1.54, 1.807) is 0 Å². The second-order valence-electron chi connectivity index (χ2n) is 8.60. The van der Waals surface area contributed by atoms with Crippen molar-refractivity contribution in [2.24, 2.45) is 23.2 Å². The van der Waals surface area contributed by atoms with Gasteiger partial charge in [0.25, 0.3) is 0 Å². The molecule has 118 valence electrons. The second-order valence-corrected chi connectivity index (χ2v) is 8.60. The van der Waals surface area contributed by atoms with Gasteiger partial charge in [-0.3, -0.25) is 4.79 Å². The van der Waals surface area contributed by atoms with Crippen LogP contribution in [0.4, 0.5) is 0 Å². The van der Waals surface area contributed by atoms with Crippen molar-refractivity contribution in [2.75, 3.05) is 6.54 Å². The Morgan fingerprint density at radius 2 is 1.71 bits per heavy atom. The molecule has 1 amide bonds. The molecule has 3 nitrogen and oxygen atoms in total. The van der Waals surface area contributed by atoms with E-state index in [4.69, 9.17) is 0 Å². The third-order valence-electron chi connectivity index (χ3n) is 6.74. The zero-order chi connectivity index (χ0) is 14.4. The van der Waals surface area contributed by atoms with Gasteiger partial charge in [0.15, 0.2) is 0 Å². The van der Waals surface area contributed by atoms with Gasteiger partial charge in [0.1, 0.15) is 0 Å². The number of amides is 1. The molecule has 5 rings (SSSR count). The third kappa shape index (κ3) is 2.62. The van der Waals surface area contributed by atoms with Crippen LogP contribution in [0.3, 0.4) is 0 Å². The molecule has 0 aromatic heterocycles. The Balaban J connectivity index is 1.36. The van der Waals surface area contributed by atoms with Crippen molar-refractivity contribution in [3.8, 4) is 0 Å². The first-order valence-electron chi connectivity index (χ1n) is 9.17. The first-order valence-corrected chi connectivity index (χ1v) is 9.17. The standard InChI is InChI=1S/C18H30N2O/c1-12-3-2-4-16(20-12)11-19-17(21)18-8-13-5-14(9-18)7-15(6-13)10-18/h12-16,20H,2-11H2,1H3,(H,19,21). The van der Waals surface area contributed by atoms with Crippen LogP contribution in [0.25, 0.3) is 0 Å². The van der Waals surface area contributed by atoms with Crippen molar-refractivity contribution >= 4 is 5.91 Å². The molecule has 0 aromatic rings. The van der Waals surface area contributed by atoms with Gasteiger partial charge in [-0.25, -0.2) is 0 Å². The van der Waals surface area contributed by atoms with E-state index in [-0.39, 0.29) is 5.41 Å². The van der Waals surface area contributed by atoms with Crippen LogP contribution >= 0.6 is 0 Å². The summed E-state index contributed by atoms with van der Waals surface area (Å²) in [5.41, 5.74) is 0.0229. The number of rotatable bonds is 3. The lowest BCUT2D eigenvalue weighted by molar-refractivity contribution is -0.146. The lowest BCUT2D eigenvalue weighted by Crippen LogP contribution is -2.55. The topological polar surface area (TPSA) is 41.1 Å². The van der Waals surface area contributed by atoms with Crippen LogP contribution in [0, 0.1) is 23.2 Å². The fourth-order valence-electron chi connectivity index (χ4n) is 6.19. The van der Waals surface area contributed by atoms with E-state index in [2.05, 4.69) is 17.6 Å². The Kier molecular flexibility index (Phi) is 3.52. The van der Waals surface area contributed by atoms with E-state index < -0.39 is 0 Å². The van der Waals surface area contributed by atoms with Crippen molar-refractivity contribution in [1.29, 1.82) is 0 Å². The predicted octanol–water partition coefficient (Wildman–Crippen LogP) is 2.85. The summed E-state index contributed by atoms with van der Waals surface area (Å²) >= 11 is 0. The number of nitrogens with one attached hydrogen (secondary N) is 2. The highest BCUT2D eigenvalue weighted by Crippen LogP contribution is 2.60. The Hall–Kier alpha value is -0.570. The molecule has 1 saturated heterocycles. The summed E-state index contributed by atoms with van der Waals surface area (Å²) < 4.78 is 0. The molecule has 4 saturated carbocycles. The maximum atomic E-state index is 12.9. The lowest BCUT2D eigenvalue weighted by atomic mass is 9.49. The molecular weight excluding hydrogens is 260 g/mol. The summed E-state index contributed by atoms with van der Waals surface area (Å²) in [5.74, 6) is 2.96. The minimum Gasteiger partial charge on any atom is -0.354 e. The molecule has 1 heterocycles. The number of carbonyl (C=O) groups is 1. The zero-order valence-corrected chi connectivity index (χ0v) is 13.4. The van der Waals surface area contributed by atoms with Crippen LogP contribution in [-0.4, -0.2) is 24.5 Å². The molecule has 1 aliphatic heterocycles. The van der Waals surface area contributed by atoms with Gasteiger partial charge in [-0.15, -0.1) is 0 Å². The average Bonchev–Trinajstić information content (AvgIpc) is 2.43. The molecular formula is C18H30N2O. The Labute approximate surface area is 128 Å². The van der Waals surface area contributed by atoms with Crippen LogP contribution in [0.5, 0.6) is 0 Å². The largest absolute Gasteiger partial charge is 0.354 e. The van der Waals surface area contributed by atoms with Gasteiger partial charge in [-0.2, -0.15) is 0 Å². The third-order valence-corrected chi connectivity index (χ3v) is 6.74. The normalized spacial score (nSPS) is 48.3. The van der Waals surface area contributed by atoms with E-state index in [0.717, 1.165) is 24.3 Å². The molecule has 4 aliphatic carbocycles. The number of hydrogen-bond acceptors (Lipinski definition) is 2. The number of carbonyl (C=O) groups excluding carboxylic acids is 1. The minimum absolute atomic E-state index is 0.0229. The quantitative estimate of drug-likeness (QED) is 0.839. The molecule has 4 bridgehead atoms. The van der Waals surface area contributed by atoms with Gasteiger partial charge in [0.2, 0.25) is 5.91 Å². The number of piperidine rings is 1. The smallest absolute Gasteiger partial charge is 0.226 e. The summed E-state index contributed by atoms with van der Waals surface area (Å²) in [6.07, 6.45) is 11.6. The summed E-state index contributed by atoms with van der Waals surface area (Å²) in [7, 11) is 0. The zero-order valence-electron chi connectivity index (χ0n) is 13.4. The lowest BCUT2D eigenvalue weighted by Gasteiger charge is -2.55. The fourth-order valence-corrected chi connectivity index (χ4v) is 6.19. The molecule has 0 spiro atoms. The summed E-state index contributed by atoms with van der Waals surface area (Å²) in [5, 5.41) is 6.96. The van der Waals surface area contributed by atoms with Gasteiger partial charge < -0.3 is 10.6 Å². The minimum atomic E-state index is 0.0229. The van der Waals surface area contributed by atoms with Crippen LogP contribution in [-0.2, 0) is 4.79 Å². The first-order chi connectivity index (χ1) is 10.1. The molecule has 3 heteroatoms. The molecule has 2 N–H and O–H groups in total. The maximum Gasteiger partial charge on any atom is 0.226 e. The van der Waals surface area contributed by atoms with Gasteiger partial charge in [0.05, 0.1) is 0 Å². The van der Waals surface area contributed by atoms with E-state index in [1.165, 1.54) is 57.8 Å². The molecule has 5 aliphatic rings. The molecule has 0 radical (unpaired) electrons. The fraction of sp³-hybridized carbons (Fsp3) is 0.944. The summed E-state index contributed by atoms with van der Waals surface area (Å²) in [6.45, 7) is 3.10. The molecule has 2 unspecified atom stereocenters. The Morgan fingerprint density at radius 3 is 2.29 bits per heavy atom. The van der Waals surface area contributed by atoms with Gasteiger partial charge >= 0.3 is 0 Å². The Bertz CT molecular complexity index is 384. The van der Waals surface area contributed by atoms with Gasteiger partial charge in [0, 0.05) is 24.0 Å².